The molecule has 0 aliphatic heterocycles. The van der Waals surface area contributed by atoms with Crippen LogP contribution in [0.4, 0.5) is 11.4 Å². The summed E-state index contributed by atoms with van der Waals surface area (Å²) in [6.45, 7) is 0.0464. The van der Waals surface area contributed by atoms with Gasteiger partial charge in [0.2, 0.25) is 5.91 Å². The molecule has 0 spiro atoms. The highest BCUT2D eigenvalue weighted by Gasteiger charge is 2.17. The number of aromatic nitrogens is 4. The summed E-state index contributed by atoms with van der Waals surface area (Å²) in [5, 5.41) is 16.0. The molecule has 2 heterocycles. The maximum atomic E-state index is 12.6. The van der Waals surface area contributed by atoms with Gasteiger partial charge in [0.25, 0.3) is 0 Å². The Morgan fingerprint density at radius 2 is 1.82 bits per heavy atom. The van der Waals surface area contributed by atoms with E-state index in [4.69, 9.17) is 19.6 Å². The number of carbonyl (C=O) groups excluding carboxylic acids is 1. The molecule has 0 fully saturated rings. The Morgan fingerprint density at radius 3 is 2.47 bits per heavy atom. The highest BCUT2D eigenvalue weighted by atomic mass is 16.5. The first-order chi connectivity index (χ1) is 16.5. The Labute approximate surface area is 196 Å². The third-order valence-electron chi connectivity index (χ3n) is 5.22. The van der Waals surface area contributed by atoms with Gasteiger partial charge in [0.15, 0.2) is 0 Å². The van der Waals surface area contributed by atoms with E-state index in [2.05, 4.69) is 15.4 Å². The van der Waals surface area contributed by atoms with Crippen molar-refractivity contribution in [3.05, 3.63) is 55.0 Å². The number of amides is 1. The number of aryl methyl sites for hydroxylation is 1. The standard InChI is InChI=1S/C24H26N6O4/c1-29-14-16(12-27-29)23-13-26-21-5-4-17(10-22(21)28-23)30(15-24(32)25-6-7-31)18-8-19(33-2)11-20(9-18)34-3/h4-5,8-14,31H,6-7,15H2,1-3H3,(H,25,32). The zero-order valence-corrected chi connectivity index (χ0v) is 19.2. The lowest BCUT2D eigenvalue weighted by molar-refractivity contribution is -0.119. The maximum absolute atomic E-state index is 12.6. The van der Waals surface area contributed by atoms with E-state index in [1.54, 1.807) is 37.4 Å². The minimum Gasteiger partial charge on any atom is -0.497 e. The molecule has 0 unspecified atom stereocenters. The van der Waals surface area contributed by atoms with Crippen molar-refractivity contribution in [3.8, 4) is 22.8 Å². The number of rotatable bonds is 9. The molecule has 0 bridgehead atoms. The molecule has 34 heavy (non-hydrogen) atoms. The number of nitrogens with one attached hydrogen (secondary N) is 1. The molecule has 1 amide bonds. The van der Waals surface area contributed by atoms with Crippen LogP contribution in [-0.4, -0.2) is 64.7 Å². The average molecular weight is 463 g/mol. The van der Waals surface area contributed by atoms with Gasteiger partial charge in [0.1, 0.15) is 18.0 Å². The lowest BCUT2D eigenvalue weighted by atomic mass is 10.2. The molecule has 176 valence electrons. The van der Waals surface area contributed by atoms with Gasteiger partial charge in [-0.2, -0.15) is 5.10 Å². The van der Waals surface area contributed by atoms with Crippen LogP contribution in [0.25, 0.3) is 22.3 Å². The molecule has 0 saturated carbocycles. The Morgan fingerprint density at radius 1 is 1.06 bits per heavy atom. The molecule has 0 radical (unpaired) electrons. The highest BCUT2D eigenvalue weighted by Crippen LogP contribution is 2.34. The van der Waals surface area contributed by atoms with Crippen LogP contribution in [0.1, 0.15) is 0 Å². The maximum Gasteiger partial charge on any atom is 0.240 e. The monoisotopic (exact) mass is 462 g/mol. The highest BCUT2D eigenvalue weighted by molar-refractivity contribution is 5.88. The van der Waals surface area contributed by atoms with Crippen molar-refractivity contribution in [2.75, 3.05) is 38.8 Å². The van der Waals surface area contributed by atoms with E-state index in [0.29, 0.717) is 28.4 Å². The quantitative estimate of drug-likeness (QED) is 0.389. The predicted molar refractivity (Wildman–Crippen MR) is 128 cm³/mol. The van der Waals surface area contributed by atoms with E-state index in [9.17, 15) is 4.79 Å². The van der Waals surface area contributed by atoms with E-state index >= 15 is 0 Å². The SMILES string of the molecule is COc1cc(OC)cc(N(CC(=O)NCCO)c2ccc3ncc(-c4cnn(C)c4)nc3c2)c1. The molecule has 10 heteroatoms. The zero-order valence-electron chi connectivity index (χ0n) is 19.2. The van der Waals surface area contributed by atoms with Gasteiger partial charge in [-0.15, -0.1) is 0 Å². The molecule has 2 aromatic carbocycles. The Hall–Kier alpha value is -4.18. The van der Waals surface area contributed by atoms with Gasteiger partial charge in [-0.1, -0.05) is 0 Å². The van der Waals surface area contributed by atoms with Gasteiger partial charge in [0, 0.05) is 54.9 Å². The second-order valence-electron chi connectivity index (χ2n) is 7.56. The fraction of sp³-hybridized carbons (Fsp3) is 0.250. The van der Waals surface area contributed by atoms with Gasteiger partial charge in [-0.05, 0) is 18.2 Å². The summed E-state index contributed by atoms with van der Waals surface area (Å²) in [7, 11) is 4.99. The van der Waals surface area contributed by atoms with E-state index in [1.807, 2.05) is 48.5 Å². The molecule has 0 aliphatic carbocycles. The number of anilines is 2. The van der Waals surface area contributed by atoms with Crippen molar-refractivity contribution >= 4 is 28.3 Å². The molecule has 2 N–H and O–H groups in total. The van der Waals surface area contributed by atoms with Crippen molar-refractivity contribution in [3.63, 3.8) is 0 Å². The Balaban J connectivity index is 1.78. The number of ether oxygens (including phenoxy) is 2. The van der Waals surface area contributed by atoms with E-state index in [-0.39, 0.29) is 25.6 Å². The fourth-order valence-electron chi connectivity index (χ4n) is 3.54. The molecule has 0 aliphatic rings. The first-order valence-electron chi connectivity index (χ1n) is 10.6. The van der Waals surface area contributed by atoms with Crippen LogP contribution in [0.3, 0.4) is 0 Å². The van der Waals surface area contributed by atoms with Crippen LogP contribution < -0.4 is 19.7 Å². The van der Waals surface area contributed by atoms with Gasteiger partial charge in [-0.25, -0.2) is 4.98 Å². The molecule has 10 nitrogen and oxygen atoms in total. The minimum atomic E-state index is -0.244. The molecule has 0 saturated heterocycles. The third-order valence-corrected chi connectivity index (χ3v) is 5.22. The molecule has 4 rings (SSSR count). The van der Waals surface area contributed by atoms with Crippen molar-refractivity contribution in [1.82, 2.24) is 25.1 Å². The van der Waals surface area contributed by atoms with Crippen LogP contribution in [0, 0.1) is 0 Å². The van der Waals surface area contributed by atoms with E-state index in [0.717, 1.165) is 16.8 Å². The number of hydrogen-bond acceptors (Lipinski definition) is 8. The van der Waals surface area contributed by atoms with E-state index < -0.39 is 0 Å². The van der Waals surface area contributed by atoms with Crippen molar-refractivity contribution < 1.29 is 19.4 Å². The summed E-state index contributed by atoms with van der Waals surface area (Å²) in [6, 6.07) is 11.0. The van der Waals surface area contributed by atoms with Crippen LogP contribution >= 0.6 is 0 Å². The Bertz CT molecular complexity index is 1280. The number of aliphatic hydroxyl groups excluding tert-OH is 1. The van der Waals surface area contributed by atoms with Crippen molar-refractivity contribution in [2.45, 2.75) is 0 Å². The lowest BCUT2D eigenvalue weighted by Crippen LogP contribution is -2.36. The van der Waals surface area contributed by atoms with Gasteiger partial charge >= 0.3 is 0 Å². The van der Waals surface area contributed by atoms with Gasteiger partial charge in [0.05, 0.1) is 49.9 Å². The summed E-state index contributed by atoms with van der Waals surface area (Å²) >= 11 is 0. The summed E-state index contributed by atoms with van der Waals surface area (Å²) < 4.78 is 12.5. The number of fused-ring (bicyclic) bond motifs is 1. The van der Waals surface area contributed by atoms with Gasteiger partial charge in [-0.3, -0.25) is 14.5 Å². The number of nitrogens with zero attached hydrogens (tertiary/aromatic N) is 5. The largest absolute Gasteiger partial charge is 0.497 e. The second kappa shape index (κ2) is 10.2. The average Bonchev–Trinajstić information content (AvgIpc) is 3.31. The first kappa shape index (κ1) is 23.0. The van der Waals surface area contributed by atoms with Crippen molar-refractivity contribution in [1.29, 1.82) is 0 Å². The van der Waals surface area contributed by atoms with Gasteiger partial charge < -0.3 is 24.8 Å². The minimum absolute atomic E-state index is 0.0115. The van der Waals surface area contributed by atoms with Crippen LogP contribution in [0.15, 0.2) is 55.0 Å². The Kier molecular flexibility index (Phi) is 6.88. The summed E-state index contributed by atoms with van der Waals surface area (Å²) in [6.07, 6.45) is 5.33. The summed E-state index contributed by atoms with van der Waals surface area (Å²) in [5.41, 5.74) is 4.40. The molecule has 2 aromatic heterocycles. The number of carbonyl (C=O) groups is 1. The predicted octanol–water partition coefficient (Wildman–Crippen LogP) is 2.29. The second-order valence-corrected chi connectivity index (χ2v) is 7.56. The fourth-order valence-corrected chi connectivity index (χ4v) is 3.54. The molecular formula is C24H26N6O4. The van der Waals surface area contributed by atoms with Crippen LogP contribution in [-0.2, 0) is 11.8 Å². The third kappa shape index (κ3) is 5.07. The van der Waals surface area contributed by atoms with Crippen molar-refractivity contribution in [2.24, 2.45) is 7.05 Å². The number of aliphatic hydroxyl groups is 1. The van der Waals surface area contributed by atoms with Crippen LogP contribution in [0.2, 0.25) is 0 Å². The summed E-state index contributed by atoms with van der Waals surface area (Å²) in [5.74, 6) is 0.940. The zero-order chi connectivity index (χ0) is 24.1. The number of methoxy groups -OCH3 is 2. The van der Waals surface area contributed by atoms with Crippen LogP contribution in [0.5, 0.6) is 11.5 Å². The molecular weight excluding hydrogens is 436 g/mol. The number of benzene rings is 2. The normalized spacial score (nSPS) is 10.8. The molecule has 0 atom stereocenters. The first-order valence-corrected chi connectivity index (χ1v) is 10.6. The topological polar surface area (TPSA) is 115 Å². The molecule has 4 aromatic rings. The smallest absolute Gasteiger partial charge is 0.240 e. The number of hydrogen-bond donors (Lipinski definition) is 2. The van der Waals surface area contributed by atoms with E-state index in [1.165, 1.54) is 0 Å². The summed E-state index contributed by atoms with van der Waals surface area (Å²) in [4.78, 5) is 23.7. The lowest BCUT2D eigenvalue weighted by Gasteiger charge is -2.25.